The minimum Gasteiger partial charge on any atom is -0.207 e. The van der Waals surface area contributed by atoms with Gasteiger partial charge in [0.15, 0.2) is 0 Å². The number of sulfonamides is 1. The van der Waals surface area contributed by atoms with Crippen molar-refractivity contribution in [2.75, 3.05) is 0 Å². The summed E-state index contributed by atoms with van der Waals surface area (Å²) in [5, 5.41) is 1.87. The van der Waals surface area contributed by atoms with E-state index in [-0.39, 0.29) is 15.9 Å². The highest BCUT2D eigenvalue weighted by Crippen LogP contribution is 2.23. The molecule has 1 N–H and O–H groups in total. The van der Waals surface area contributed by atoms with Gasteiger partial charge in [0.25, 0.3) is 0 Å². The molecule has 0 aliphatic carbocycles. The second kappa shape index (κ2) is 5.48. The van der Waals surface area contributed by atoms with Gasteiger partial charge in [0.2, 0.25) is 10.0 Å². The van der Waals surface area contributed by atoms with Gasteiger partial charge in [-0.3, -0.25) is 0 Å². The molecule has 0 radical (unpaired) electrons. The van der Waals surface area contributed by atoms with Crippen LogP contribution in [0.2, 0.25) is 0 Å². The second-order valence-electron chi connectivity index (χ2n) is 3.48. The Morgan fingerprint density at radius 2 is 2.11 bits per heavy atom. The van der Waals surface area contributed by atoms with E-state index in [1.807, 2.05) is 17.5 Å². The van der Waals surface area contributed by atoms with Gasteiger partial charge in [-0.05, 0) is 45.6 Å². The molecule has 0 aliphatic rings. The minimum atomic E-state index is -3.64. The van der Waals surface area contributed by atoms with E-state index in [2.05, 4.69) is 20.7 Å². The zero-order valence-electron chi connectivity index (χ0n) is 9.06. The molecule has 0 saturated carbocycles. The van der Waals surface area contributed by atoms with Crippen LogP contribution >= 0.6 is 27.3 Å². The first kappa shape index (κ1) is 13.7. The van der Waals surface area contributed by atoms with Gasteiger partial charge >= 0.3 is 0 Å². The highest BCUT2D eigenvalue weighted by atomic mass is 79.9. The van der Waals surface area contributed by atoms with E-state index in [0.29, 0.717) is 0 Å². The lowest BCUT2D eigenvalue weighted by molar-refractivity contribution is 0.580. The van der Waals surface area contributed by atoms with Gasteiger partial charge in [-0.2, -0.15) is 0 Å². The van der Waals surface area contributed by atoms with Crippen molar-refractivity contribution in [3.8, 4) is 0 Å². The van der Waals surface area contributed by atoms with Crippen molar-refractivity contribution in [1.29, 1.82) is 0 Å². The first-order chi connectivity index (χ1) is 8.49. The normalized spacial score (nSPS) is 11.7. The number of rotatable bonds is 4. The predicted octanol–water partition coefficient (Wildman–Crippen LogP) is 3.13. The molecule has 1 aromatic carbocycles. The molecular formula is C11H9BrFNO2S2. The fourth-order valence-electron chi connectivity index (χ4n) is 1.35. The average Bonchev–Trinajstić information content (AvgIpc) is 2.78. The Morgan fingerprint density at radius 1 is 1.33 bits per heavy atom. The Bertz CT molecular complexity index is 641. The number of benzene rings is 1. The van der Waals surface area contributed by atoms with Crippen LogP contribution in [0.25, 0.3) is 0 Å². The standard InChI is InChI=1S/C11H9BrFNO2S2/c12-10-6-8(13)3-4-11(10)18(15,16)14-7-9-2-1-5-17-9/h1-6,14H,7H2. The van der Waals surface area contributed by atoms with Crippen LogP contribution in [0.5, 0.6) is 0 Å². The van der Waals surface area contributed by atoms with Crippen LogP contribution in [-0.4, -0.2) is 8.42 Å². The predicted molar refractivity (Wildman–Crippen MR) is 72.4 cm³/mol. The van der Waals surface area contributed by atoms with Gasteiger partial charge in [-0.25, -0.2) is 17.5 Å². The van der Waals surface area contributed by atoms with Crippen LogP contribution in [0, 0.1) is 5.82 Å². The molecule has 0 spiro atoms. The average molecular weight is 350 g/mol. The van der Waals surface area contributed by atoms with Crippen molar-refractivity contribution in [3.63, 3.8) is 0 Å². The van der Waals surface area contributed by atoms with E-state index in [1.165, 1.54) is 17.4 Å². The van der Waals surface area contributed by atoms with Gasteiger partial charge in [-0.15, -0.1) is 11.3 Å². The van der Waals surface area contributed by atoms with Crippen molar-refractivity contribution in [3.05, 3.63) is 50.9 Å². The summed E-state index contributed by atoms with van der Waals surface area (Å²) < 4.78 is 39.6. The van der Waals surface area contributed by atoms with Crippen LogP contribution in [-0.2, 0) is 16.6 Å². The summed E-state index contributed by atoms with van der Waals surface area (Å²) in [6, 6.07) is 7.16. The van der Waals surface area contributed by atoms with Gasteiger partial charge in [0.1, 0.15) is 5.82 Å². The van der Waals surface area contributed by atoms with Crippen LogP contribution in [0.4, 0.5) is 4.39 Å². The Morgan fingerprint density at radius 3 is 2.72 bits per heavy atom. The highest BCUT2D eigenvalue weighted by molar-refractivity contribution is 9.10. The SMILES string of the molecule is O=S(=O)(NCc1cccs1)c1ccc(F)cc1Br. The third kappa shape index (κ3) is 3.17. The third-order valence-corrected chi connectivity index (χ3v) is 5.45. The highest BCUT2D eigenvalue weighted by Gasteiger charge is 2.17. The number of nitrogens with one attached hydrogen (secondary N) is 1. The summed E-state index contributed by atoms with van der Waals surface area (Å²) in [4.78, 5) is 0.942. The molecule has 7 heteroatoms. The maximum Gasteiger partial charge on any atom is 0.242 e. The summed E-state index contributed by atoms with van der Waals surface area (Å²) in [6.07, 6.45) is 0. The number of hydrogen-bond donors (Lipinski definition) is 1. The Labute approximate surface area is 117 Å². The van der Waals surface area contributed by atoms with Crippen molar-refractivity contribution in [2.24, 2.45) is 0 Å². The minimum absolute atomic E-state index is 0.0282. The molecule has 0 fully saturated rings. The summed E-state index contributed by atoms with van der Waals surface area (Å²) in [6.45, 7) is 0.226. The van der Waals surface area contributed by atoms with Gasteiger partial charge in [0, 0.05) is 15.9 Å². The summed E-state index contributed by atoms with van der Waals surface area (Å²) in [7, 11) is -3.64. The van der Waals surface area contributed by atoms with Crippen LogP contribution in [0.15, 0.2) is 45.1 Å². The molecule has 0 saturated heterocycles. The summed E-state index contributed by atoms with van der Waals surface area (Å²) >= 11 is 4.51. The Balaban J connectivity index is 2.20. The third-order valence-electron chi connectivity index (χ3n) is 2.20. The van der Waals surface area contributed by atoms with Crippen molar-refractivity contribution in [1.82, 2.24) is 4.72 Å². The lowest BCUT2D eigenvalue weighted by Gasteiger charge is -2.07. The van der Waals surface area contributed by atoms with E-state index in [0.717, 1.165) is 17.0 Å². The van der Waals surface area contributed by atoms with Crippen LogP contribution in [0.1, 0.15) is 4.88 Å². The van der Waals surface area contributed by atoms with Crippen LogP contribution in [0.3, 0.4) is 0 Å². The lowest BCUT2D eigenvalue weighted by Crippen LogP contribution is -2.23. The zero-order valence-corrected chi connectivity index (χ0v) is 12.3. The molecule has 1 heterocycles. The zero-order chi connectivity index (χ0) is 13.2. The molecule has 1 aromatic heterocycles. The van der Waals surface area contributed by atoms with Crippen molar-refractivity contribution in [2.45, 2.75) is 11.4 Å². The molecule has 0 aliphatic heterocycles. The van der Waals surface area contributed by atoms with E-state index < -0.39 is 15.8 Å². The second-order valence-corrected chi connectivity index (χ2v) is 7.10. The van der Waals surface area contributed by atoms with E-state index in [4.69, 9.17) is 0 Å². The number of thiophene rings is 1. The van der Waals surface area contributed by atoms with Gasteiger partial charge in [0.05, 0.1) is 4.90 Å². The van der Waals surface area contributed by atoms with Crippen LogP contribution < -0.4 is 4.72 Å². The largest absolute Gasteiger partial charge is 0.242 e. The number of hydrogen-bond acceptors (Lipinski definition) is 3. The maximum atomic E-state index is 12.9. The molecule has 0 atom stereocenters. The number of halogens is 2. The summed E-state index contributed by atoms with van der Waals surface area (Å²) in [5.41, 5.74) is 0. The Hall–Kier alpha value is -0.760. The first-order valence-electron chi connectivity index (χ1n) is 4.96. The van der Waals surface area contributed by atoms with E-state index in [1.54, 1.807) is 0 Å². The molecule has 96 valence electrons. The van der Waals surface area contributed by atoms with E-state index >= 15 is 0 Å². The molecule has 18 heavy (non-hydrogen) atoms. The smallest absolute Gasteiger partial charge is 0.207 e. The van der Waals surface area contributed by atoms with E-state index in [9.17, 15) is 12.8 Å². The van der Waals surface area contributed by atoms with Gasteiger partial charge in [-0.1, -0.05) is 6.07 Å². The molecular weight excluding hydrogens is 341 g/mol. The maximum absolute atomic E-state index is 12.9. The molecule has 0 bridgehead atoms. The fraction of sp³-hybridized carbons (Fsp3) is 0.0909. The van der Waals surface area contributed by atoms with Crippen molar-refractivity contribution < 1.29 is 12.8 Å². The molecule has 0 unspecified atom stereocenters. The van der Waals surface area contributed by atoms with Crippen molar-refractivity contribution >= 4 is 37.3 Å². The fourth-order valence-corrected chi connectivity index (χ4v) is 4.14. The molecule has 3 nitrogen and oxygen atoms in total. The lowest BCUT2D eigenvalue weighted by atomic mass is 10.3. The molecule has 2 rings (SSSR count). The quantitative estimate of drug-likeness (QED) is 0.921. The molecule has 0 amide bonds. The molecule has 2 aromatic rings. The first-order valence-corrected chi connectivity index (χ1v) is 8.12. The topological polar surface area (TPSA) is 46.2 Å². The van der Waals surface area contributed by atoms with Gasteiger partial charge < -0.3 is 0 Å². The summed E-state index contributed by atoms with van der Waals surface area (Å²) in [5.74, 6) is -0.487. The monoisotopic (exact) mass is 349 g/mol. The Kier molecular flexibility index (Phi) is 4.16.